The van der Waals surface area contributed by atoms with Gasteiger partial charge in [0.15, 0.2) is 0 Å². The molecule has 0 spiro atoms. The van der Waals surface area contributed by atoms with Crippen LogP contribution in [0.3, 0.4) is 0 Å². The Bertz CT molecular complexity index is 357. The molecule has 0 aliphatic carbocycles. The van der Waals surface area contributed by atoms with Crippen LogP contribution in [0.1, 0.15) is 13.8 Å². The van der Waals surface area contributed by atoms with Crippen molar-refractivity contribution in [1.29, 1.82) is 0 Å². The number of benzene rings is 1. The fourth-order valence-electron chi connectivity index (χ4n) is 1.61. The lowest BCUT2D eigenvalue weighted by Crippen LogP contribution is -2.12. The lowest BCUT2D eigenvalue weighted by Gasteiger charge is -2.14. The Hall–Kier alpha value is -1.46. The zero-order valence-corrected chi connectivity index (χ0v) is 11.6. The molecule has 0 fully saturated rings. The number of aliphatic hydroxyl groups excluding tert-OH is 1. The summed E-state index contributed by atoms with van der Waals surface area (Å²) in [4.78, 5) is 0. The minimum absolute atomic E-state index is 0.0457. The molecule has 0 heterocycles. The summed E-state index contributed by atoms with van der Waals surface area (Å²) >= 11 is 0. The van der Waals surface area contributed by atoms with Crippen molar-refractivity contribution in [3.05, 3.63) is 18.2 Å². The van der Waals surface area contributed by atoms with Gasteiger partial charge in [0.05, 0.1) is 38.7 Å². The van der Waals surface area contributed by atoms with Gasteiger partial charge in [0.25, 0.3) is 0 Å². The van der Waals surface area contributed by atoms with Crippen molar-refractivity contribution < 1.29 is 19.3 Å². The zero-order chi connectivity index (χ0) is 13.9. The normalized spacial score (nSPS) is 10.3. The average molecular weight is 269 g/mol. The van der Waals surface area contributed by atoms with Gasteiger partial charge in [-0.25, -0.2) is 0 Å². The van der Waals surface area contributed by atoms with E-state index in [-0.39, 0.29) is 6.61 Å². The summed E-state index contributed by atoms with van der Waals surface area (Å²) in [5.74, 6) is 1.61. The van der Waals surface area contributed by atoms with E-state index in [0.29, 0.717) is 33.0 Å². The third-order valence-corrected chi connectivity index (χ3v) is 2.36. The summed E-state index contributed by atoms with van der Waals surface area (Å²) < 4.78 is 16.2. The first-order chi connectivity index (χ1) is 9.31. The highest BCUT2D eigenvalue weighted by Gasteiger charge is 2.05. The van der Waals surface area contributed by atoms with Gasteiger partial charge in [0.2, 0.25) is 0 Å². The largest absolute Gasteiger partial charge is 0.494 e. The number of anilines is 1. The second kappa shape index (κ2) is 9.47. The van der Waals surface area contributed by atoms with Crippen LogP contribution in [0.4, 0.5) is 5.69 Å². The summed E-state index contributed by atoms with van der Waals surface area (Å²) in [6, 6.07) is 5.70. The molecule has 108 valence electrons. The van der Waals surface area contributed by atoms with Crippen molar-refractivity contribution in [3.8, 4) is 11.5 Å². The van der Waals surface area contributed by atoms with E-state index in [0.717, 1.165) is 17.2 Å². The van der Waals surface area contributed by atoms with Crippen LogP contribution in [0, 0.1) is 0 Å². The van der Waals surface area contributed by atoms with E-state index in [4.69, 9.17) is 19.3 Å². The summed E-state index contributed by atoms with van der Waals surface area (Å²) in [6.07, 6.45) is 0. The van der Waals surface area contributed by atoms with E-state index in [2.05, 4.69) is 5.32 Å². The lowest BCUT2D eigenvalue weighted by atomic mass is 10.2. The van der Waals surface area contributed by atoms with Gasteiger partial charge in [0, 0.05) is 12.6 Å². The van der Waals surface area contributed by atoms with E-state index in [1.807, 2.05) is 32.0 Å². The summed E-state index contributed by atoms with van der Waals surface area (Å²) in [5.41, 5.74) is 0.889. The van der Waals surface area contributed by atoms with Crippen LogP contribution in [-0.2, 0) is 4.74 Å². The smallest absolute Gasteiger partial charge is 0.142 e. The van der Waals surface area contributed by atoms with Crippen molar-refractivity contribution >= 4 is 5.69 Å². The minimum Gasteiger partial charge on any atom is -0.494 e. The Kier molecular flexibility index (Phi) is 7.77. The number of rotatable bonds is 10. The molecular weight excluding hydrogens is 246 g/mol. The molecule has 2 N–H and O–H groups in total. The Morgan fingerprint density at radius 3 is 2.58 bits per heavy atom. The second-order valence-electron chi connectivity index (χ2n) is 3.79. The molecule has 0 aliphatic rings. The first-order valence-corrected chi connectivity index (χ1v) is 6.63. The zero-order valence-electron chi connectivity index (χ0n) is 11.6. The van der Waals surface area contributed by atoms with Crippen molar-refractivity contribution in [1.82, 2.24) is 0 Å². The molecule has 0 bridgehead atoms. The van der Waals surface area contributed by atoms with Gasteiger partial charge in [-0.3, -0.25) is 0 Å². The second-order valence-corrected chi connectivity index (χ2v) is 3.79. The number of aliphatic hydroxyl groups is 1. The Labute approximate surface area is 114 Å². The lowest BCUT2D eigenvalue weighted by molar-refractivity contribution is 0.0992. The fourth-order valence-corrected chi connectivity index (χ4v) is 1.61. The Balaban J connectivity index is 2.57. The number of hydrogen-bond donors (Lipinski definition) is 2. The van der Waals surface area contributed by atoms with Crippen LogP contribution in [0.25, 0.3) is 0 Å². The molecule has 5 heteroatoms. The monoisotopic (exact) mass is 269 g/mol. The topological polar surface area (TPSA) is 60.0 Å². The van der Waals surface area contributed by atoms with E-state index in [1.54, 1.807) is 0 Å². The third kappa shape index (κ3) is 5.81. The predicted molar refractivity (Wildman–Crippen MR) is 75.2 cm³/mol. The van der Waals surface area contributed by atoms with Crippen molar-refractivity contribution in [3.63, 3.8) is 0 Å². The number of hydrogen-bond acceptors (Lipinski definition) is 5. The van der Waals surface area contributed by atoms with Crippen LogP contribution < -0.4 is 14.8 Å². The molecule has 0 aliphatic heterocycles. The van der Waals surface area contributed by atoms with Gasteiger partial charge < -0.3 is 24.6 Å². The first-order valence-electron chi connectivity index (χ1n) is 6.63. The molecule has 0 aromatic heterocycles. The molecule has 0 radical (unpaired) electrons. The molecule has 0 saturated heterocycles. The van der Waals surface area contributed by atoms with Crippen LogP contribution >= 0.6 is 0 Å². The van der Waals surface area contributed by atoms with Gasteiger partial charge in [-0.15, -0.1) is 0 Å². The minimum atomic E-state index is 0.0457. The summed E-state index contributed by atoms with van der Waals surface area (Å²) in [6.45, 7) is 6.73. The van der Waals surface area contributed by atoms with E-state index < -0.39 is 0 Å². The van der Waals surface area contributed by atoms with Gasteiger partial charge in [0.1, 0.15) is 11.5 Å². The maximum Gasteiger partial charge on any atom is 0.142 e. The van der Waals surface area contributed by atoms with Crippen molar-refractivity contribution in [2.24, 2.45) is 0 Å². The number of nitrogens with one attached hydrogen (secondary N) is 1. The number of ether oxygens (including phenoxy) is 3. The molecule has 1 aromatic carbocycles. The maximum atomic E-state index is 8.61. The average Bonchev–Trinajstić information content (AvgIpc) is 2.42. The Morgan fingerprint density at radius 1 is 1.11 bits per heavy atom. The molecule has 1 rings (SSSR count). The third-order valence-electron chi connectivity index (χ3n) is 2.36. The maximum absolute atomic E-state index is 8.61. The summed E-state index contributed by atoms with van der Waals surface area (Å²) in [5, 5.41) is 11.9. The van der Waals surface area contributed by atoms with Crippen molar-refractivity contribution in [2.75, 3.05) is 44.9 Å². The van der Waals surface area contributed by atoms with Crippen molar-refractivity contribution in [2.45, 2.75) is 13.8 Å². The highest BCUT2D eigenvalue weighted by molar-refractivity contribution is 5.59. The van der Waals surface area contributed by atoms with E-state index >= 15 is 0 Å². The highest BCUT2D eigenvalue weighted by Crippen LogP contribution is 2.29. The Morgan fingerprint density at radius 2 is 1.89 bits per heavy atom. The molecule has 1 aromatic rings. The van der Waals surface area contributed by atoms with Crippen LogP contribution in [0.5, 0.6) is 11.5 Å². The van der Waals surface area contributed by atoms with Crippen LogP contribution in [-0.4, -0.2) is 44.7 Å². The first kappa shape index (κ1) is 15.6. The van der Waals surface area contributed by atoms with Gasteiger partial charge >= 0.3 is 0 Å². The van der Waals surface area contributed by atoms with Crippen LogP contribution in [0.15, 0.2) is 18.2 Å². The SMILES string of the molecule is CCOc1ccc(OCC)c(NCCOCCO)c1. The quantitative estimate of drug-likeness (QED) is 0.635. The summed E-state index contributed by atoms with van der Waals surface area (Å²) in [7, 11) is 0. The van der Waals surface area contributed by atoms with E-state index in [1.165, 1.54) is 0 Å². The highest BCUT2D eigenvalue weighted by atomic mass is 16.5. The van der Waals surface area contributed by atoms with Gasteiger partial charge in [-0.1, -0.05) is 0 Å². The molecule has 19 heavy (non-hydrogen) atoms. The fraction of sp³-hybridized carbons (Fsp3) is 0.571. The molecule has 5 nitrogen and oxygen atoms in total. The van der Waals surface area contributed by atoms with Gasteiger partial charge in [-0.05, 0) is 26.0 Å². The molecule has 0 atom stereocenters. The van der Waals surface area contributed by atoms with Gasteiger partial charge in [-0.2, -0.15) is 0 Å². The molecule has 0 unspecified atom stereocenters. The van der Waals surface area contributed by atoms with Crippen LogP contribution in [0.2, 0.25) is 0 Å². The molecular formula is C14H23NO4. The molecule has 0 amide bonds. The van der Waals surface area contributed by atoms with E-state index in [9.17, 15) is 0 Å². The predicted octanol–water partition coefficient (Wildman–Crippen LogP) is 1.90. The standard InChI is InChI=1S/C14H23NO4/c1-3-18-12-5-6-14(19-4-2)13(11-12)15-7-9-17-10-8-16/h5-6,11,15-16H,3-4,7-10H2,1-2H3. The molecule has 0 saturated carbocycles.